The summed E-state index contributed by atoms with van der Waals surface area (Å²) in [6, 6.07) is 1.27. The molecular weight excluding hydrogens is 158 g/mol. The summed E-state index contributed by atoms with van der Waals surface area (Å²) < 4.78 is 0. The fraction of sp³-hybridized carbons (Fsp3) is 0.167. The number of hydrogen-bond donors (Lipinski definition) is 3. The summed E-state index contributed by atoms with van der Waals surface area (Å²) in [6.07, 6.45) is 1.54. The minimum Gasteiger partial charge on any atom is -0.369 e. The third-order valence-corrected chi connectivity index (χ3v) is 1.07. The van der Waals surface area contributed by atoms with E-state index in [4.69, 9.17) is 5.73 Å². The molecular formula is C6H9N5O. The van der Waals surface area contributed by atoms with Gasteiger partial charge < -0.3 is 5.73 Å². The van der Waals surface area contributed by atoms with Crippen molar-refractivity contribution in [3.8, 4) is 0 Å². The van der Waals surface area contributed by atoms with Crippen LogP contribution in [0.2, 0.25) is 0 Å². The highest BCUT2D eigenvalue weighted by Crippen LogP contribution is 1.97. The number of hydrogen-bond acceptors (Lipinski definition) is 5. The molecule has 0 unspecified atom stereocenters. The van der Waals surface area contributed by atoms with E-state index in [-0.39, 0.29) is 11.5 Å². The van der Waals surface area contributed by atoms with Crippen molar-refractivity contribution in [3.63, 3.8) is 0 Å². The lowest BCUT2D eigenvalue weighted by molar-refractivity contribution is 1.12. The van der Waals surface area contributed by atoms with E-state index in [1.807, 2.05) is 0 Å². The van der Waals surface area contributed by atoms with E-state index in [2.05, 4.69) is 20.5 Å². The zero-order valence-electron chi connectivity index (χ0n) is 6.53. The zero-order valence-corrected chi connectivity index (χ0v) is 6.53. The summed E-state index contributed by atoms with van der Waals surface area (Å²) in [5, 5.41) is 3.68. The first-order chi connectivity index (χ1) is 5.72. The highest BCUT2D eigenvalue weighted by atomic mass is 16.1. The molecule has 4 N–H and O–H groups in total. The topological polar surface area (TPSA) is 96.2 Å². The monoisotopic (exact) mass is 167 g/mol. The highest BCUT2D eigenvalue weighted by Gasteiger charge is 1.94. The van der Waals surface area contributed by atoms with Gasteiger partial charge in [0.1, 0.15) is 0 Å². The maximum absolute atomic E-state index is 10.8. The van der Waals surface area contributed by atoms with Crippen molar-refractivity contribution in [1.82, 2.24) is 9.97 Å². The number of aromatic nitrogens is 2. The van der Waals surface area contributed by atoms with Gasteiger partial charge in [0.2, 0.25) is 5.95 Å². The number of aromatic amines is 1. The first kappa shape index (κ1) is 8.25. The molecule has 0 aliphatic carbocycles. The van der Waals surface area contributed by atoms with Crippen molar-refractivity contribution in [2.75, 3.05) is 11.2 Å². The third-order valence-electron chi connectivity index (χ3n) is 1.07. The van der Waals surface area contributed by atoms with Crippen LogP contribution in [-0.4, -0.2) is 16.2 Å². The van der Waals surface area contributed by atoms with Gasteiger partial charge in [-0.05, 0) is 6.92 Å². The number of nitrogens with two attached hydrogens (primary N) is 1. The second-order valence-corrected chi connectivity index (χ2v) is 2.01. The van der Waals surface area contributed by atoms with Gasteiger partial charge in [0.25, 0.3) is 5.56 Å². The van der Waals surface area contributed by atoms with E-state index in [1.165, 1.54) is 6.07 Å². The predicted molar refractivity (Wildman–Crippen MR) is 47.1 cm³/mol. The van der Waals surface area contributed by atoms with Crippen molar-refractivity contribution in [2.24, 2.45) is 5.10 Å². The quantitative estimate of drug-likeness (QED) is 0.418. The molecule has 0 atom stereocenters. The maximum atomic E-state index is 10.8. The van der Waals surface area contributed by atoms with E-state index in [9.17, 15) is 4.79 Å². The molecule has 1 aromatic rings. The van der Waals surface area contributed by atoms with Gasteiger partial charge in [-0.25, -0.2) is 0 Å². The Morgan fingerprint density at radius 2 is 2.58 bits per heavy atom. The van der Waals surface area contributed by atoms with E-state index < -0.39 is 0 Å². The van der Waals surface area contributed by atoms with Crippen LogP contribution in [0, 0.1) is 0 Å². The SMILES string of the molecule is C/C=N\Nc1cc(=O)[nH]c(N)n1. The molecule has 1 aromatic heterocycles. The lowest BCUT2D eigenvalue weighted by atomic mass is 10.6. The van der Waals surface area contributed by atoms with Gasteiger partial charge in [0, 0.05) is 12.3 Å². The van der Waals surface area contributed by atoms with Crippen LogP contribution in [0.15, 0.2) is 16.0 Å². The van der Waals surface area contributed by atoms with Crippen molar-refractivity contribution < 1.29 is 0 Å². The van der Waals surface area contributed by atoms with Gasteiger partial charge in [-0.2, -0.15) is 10.1 Å². The molecule has 0 radical (unpaired) electrons. The minimum atomic E-state index is -0.309. The smallest absolute Gasteiger partial charge is 0.254 e. The van der Waals surface area contributed by atoms with Gasteiger partial charge in [0.15, 0.2) is 5.82 Å². The summed E-state index contributed by atoms with van der Waals surface area (Å²) in [5.41, 5.74) is 7.50. The Morgan fingerprint density at radius 3 is 3.17 bits per heavy atom. The van der Waals surface area contributed by atoms with Crippen LogP contribution >= 0.6 is 0 Å². The van der Waals surface area contributed by atoms with Crippen molar-refractivity contribution >= 4 is 18.0 Å². The van der Waals surface area contributed by atoms with E-state index in [0.29, 0.717) is 5.82 Å². The van der Waals surface area contributed by atoms with E-state index >= 15 is 0 Å². The summed E-state index contributed by atoms with van der Waals surface area (Å²) in [5.74, 6) is 0.394. The van der Waals surface area contributed by atoms with Crippen LogP contribution < -0.4 is 16.7 Å². The van der Waals surface area contributed by atoms with Crippen LogP contribution in [0.5, 0.6) is 0 Å². The van der Waals surface area contributed by atoms with Crippen LogP contribution in [0.1, 0.15) is 6.92 Å². The summed E-state index contributed by atoms with van der Waals surface area (Å²) in [7, 11) is 0. The lowest BCUT2D eigenvalue weighted by Gasteiger charge is -1.97. The first-order valence-electron chi connectivity index (χ1n) is 3.33. The first-order valence-corrected chi connectivity index (χ1v) is 3.33. The van der Waals surface area contributed by atoms with Gasteiger partial charge in [-0.3, -0.25) is 15.2 Å². The van der Waals surface area contributed by atoms with E-state index in [1.54, 1.807) is 13.1 Å². The third kappa shape index (κ3) is 2.08. The lowest BCUT2D eigenvalue weighted by Crippen LogP contribution is -2.11. The van der Waals surface area contributed by atoms with Crippen LogP contribution in [0.3, 0.4) is 0 Å². The average Bonchev–Trinajstić information content (AvgIpc) is 1.99. The number of H-pyrrole nitrogens is 1. The second-order valence-electron chi connectivity index (χ2n) is 2.01. The largest absolute Gasteiger partial charge is 0.369 e. The van der Waals surface area contributed by atoms with Crippen molar-refractivity contribution in [1.29, 1.82) is 0 Å². The molecule has 1 rings (SSSR count). The molecule has 12 heavy (non-hydrogen) atoms. The average molecular weight is 167 g/mol. The van der Waals surface area contributed by atoms with Crippen LogP contribution in [-0.2, 0) is 0 Å². The van der Waals surface area contributed by atoms with E-state index in [0.717, 1.165) is 0 Å². The molecule has 6 nitrogen and oxygen atoms in total. The number of anilines is 2. The summed E-state index contributed by atoms with van der Waals surface area (Å²) >= 11 is 0. The van der Waals surface area contributed by atoms with Crippen LogP contribution in [0.25, 0.3) is 0 Å². The Hall–Kier alpha value is -1.85. The van der Waals surface area contributed by atoms with Crippen molar-refractivity contribution in [2.45, 2.75) is 6.92 Å². The fourth-order valence-electron chi connectivity index (χ4n) is 0.664. The Labute approximate surface area is 68.5 Å². The molecule has 0 aromatic carbocycles. The minimum absolute atomic E-state index is 0.0660. The van der Waals surface area contributed by atoms with Crippen LogP contribution in [0.4, 0.5) is 11.8 Å². The molecule has 0 spiro atoms. The van der Waals surface area contributed by atoms with Gasteiger partial charge in [-0.1, -0.05) is 0 Å². The van der Waals surface area contributed by atoms with Gasteiger partial charge >= 0.3 is 0 Å². The summed E-state index contributed by atoms with van der Waals surface area (Å²) in [6.45, 7) is 1.74. The van der Waals surface area contributed by atoms with Gasteiger partial charge in [-0.15, -0.1) is 0 Å². The molecule has 64 valence electrons. The Balaban J connectivity index is 2.93. The molecule has 6 heteroatoms. The Bertz CT molecular complexity index is 342. The number of hydrazone groups is 1. The van der Waals surface area contributed by atoms with Gasteiger partial charge in [0.05, 0.1) is 0 Å². The molecule has 0 bridgehead atoms. The summed E-state index contributed by atoms with van der Waals surface area (Å²) in [4.78, 5) is 16.9. The molecule has 0 saturated carbocycles. The zero-order chi connectivity index (χ0) is 8.97. The molecule has 0 amide bonds. The Morgan fingerprint density at radius 1 is 1.83 bits per heavy atom. The number of nitrogens with zero attached hydrogens (tertiary/aromatic N) is 2. The molecule has 0 fully saturated rings. The number of nitrogens with one attached hydrogen (secondary N) is 2. The maximum Gasteiger partial charge on any atom is 0.254 e. The molecule has 0 aliphatic heterocycles. The van der Waals surface area contributed by atoms with Crippen molar-refractivity contribution in [3.05, 3.63) is 16.4 Å². The molecule has 0 aliphatic rings. The highest BCUT2D eigenvalue weighted by molar-refractivity contribution is 5.55. The normalized spacial score (nSPS) is 10.4. The molecule has 1 heterocycles. The predicted octanol–water partition coefficient (Wildman–Crippen LogP) is -0.230. The molecule has 0 saturated heterocycles. The standard InChI is InChI=1S/C6H9N5O/c1-2-8-11-4-3-5(12)10-6(7)9-4/h2-3H,1H3,(H4,7,9,10,11,12)/b8-2-. The number of rotatable bonds is 2. The second kappa shape index (κ2) is 3.51. The fourth-order valence-corrected chi connectivity index (χ4v) is 0.664. The number of nitrogen functional groups attached to an aromatic ring is 1. The Kier molecular flexibility index (Phi) is 2.42.